The molecule has 0 aliphatic heterocycles. The number of rotatable bonds is 8. The predicted octanol–water partition coefficient (Wildman–Crippen LogP) is 7.00. The van der Waals surface area contributed by atoms with Crippen molar-refractivity contribution in [1.82, 2.24) is 0 Å². The van der Waals surface area contributed by atoms with Crippen LogP contribution in [-0.2, 0) is 4.57 Å². The summed E-state index contributed by atoms with van der Waals surface area (Å²) < 4.78 is 30.5. The van der Waals surface area contributed by atoms with Gasteiger partial charge in [0.15, 0.2) is 0 Å². The zero-order chi connectivity index (χ0) is 25.2. The van der Waals surface area contributed by atoms with Crippen molar-refractivity contribution in [2.45, 2.75) is 0 Å². The number of carbonyl (C=O) groups excluding carboxylic acids is 2. The Kier molecular flexibility index (Phi) is 8.22. The van der Waals surface area contributed by atoms with E-state index in [1.54, 1.807) is 18.2 Å². The zero-order valence-electron chi connectivity index (χ0n) is 18.0. The molecular formula is C23H17Cl4O6P. The molecule has 0 radical (unpaired) electrons. The Bertz CT molecular complexity index is 1280. The molecular weight excluding hydrogens is 545 g/mol. The first-order chi connectivity index (χ1) is 16.1. The third-order valence-corrected chi connectivity index (χ3v) is 9.14. The van der Waals surface area contributed by atoms with Crippen molar-refractivity contribution in [1.29, 1.82) is 0 Å². The molecule has 3 rings (SSSR count). The average molecular weight is 562 g/mol. The van der Waals surface area contributed by atoms with E-state index in [1.165, 1.54) is 51.7 Å². The maximum Gasteiger partial charge on any atom is 0.249 e. The molecule has 0 saturated carbocycles. The highest BCUT2D eigenvalue weighted by Gasteiger charge is 2.47. The maximum absolute atomic E-state index is 14.6. The van der Waals surface area contributed by atoms with Crippen LogP contribution in [0.2, 0.25) is 20.1 Å². The Labute approximate surface area is 216 Å². The van der Waals surface area contributed by atoms with Gasteiger partial charge >= 0.3 is 0 Å². The highest BCUT2D eigenvalue weighted by Crippen LogP contribution is 2.56. The Morgan fingerprint density at radius 2 is 1.18 bits per heavy atom. The monoisotopic (exact) mass is 560 g/mol. The van der Waals surface area contributed by atoms with Crippen molar-refractivity contribution in [3.63, 3.8) is 0 Å². The molecule has 178 valence electrons. The third kappa shape index (κ3) is 4.53. The topological polar surface area (TPSA) is 78.9 Å². The van der Waals surface area contributed by atoms with Crippen molar-refractivity contribution < 1.29 is 28.4 Å². The van der Waals surface area contributed by atoms with Gasteiger partial charge in [0.2, 0.25) is 18.2 Å². The van der Waals surface area contributed by atoms with Gasteiger partial charge in [-0.05, 0) is 6.07 Å². The number of methoxy groups -OCH3 is 3. The van der Waals surface area contributed by atoms with Crippen LogP contribution < -0.4 is 19.5 Å². The van der Waals surface area contributed by atoms with Gasteiger partial charge in [0, 0.05) is 17.4 Å². The van der Waals surface area contributed by atoms with Gasteiger partial charge in [0.1, 0.15) is 22.8 Å². The van der Waals surface area contributed by atoms with Crippen molar-refractivity contribution >= 4 is 69.9 Å². The number of benzene rings is 3. The van der Waals surface area contributed by atoms with Crippen LogP contribution in [0.15, 0.2) is 48.5 Å². The van der Waals surface area contributed by atoms with E-state index in [0.717, 1.165) is 0 Å². The van der Waals surface area contributed by atoms with Crippen molar-refractivity contribution in [2.24, 2.45) is 0 Å². The lowest BCUT2D eigenvalue weighted by atomic mass is 10.2. The molecule has 0 aliphatic carbocycles. The number of hydrogen-bond acceptors (Lipinski definition) is 6. The molecule has 0 heterocycles. The second-order valence-corrected chi connectivity index (χ2v) is 10.9. The molecule has 34 heavy (non-hydrogen) atoms. The molecule has 11 heteroatoms. The van der Waals surface area contributed by atoms with Crippen molar-refractivity contribution in [3.05, 3.63) is 79.7 Å². The molecule has 0 bridgehead atoms. The second kappa shape index (κ2) is 10.6. The first-order valence-corrected chi connectivity index (χ1v) is 12.7. The number of halogens is 4. The van der Waals surface area contributed by atoms with Crippen molar-refractivity contribution in [2.75, 3.05) is 21.3 Å². The average Bonchev–Trinajstić information content (AvgIpc) is 2.86. The van der Waals surface area contributed by atoms with Crippen LogP contribution in [0.4, 0.5) is 0 Å². The van der Waals surface area contributed by atoms with E-state index in [9.17, 15) is 14.2 Å². The lowest BCUT2D eigenvalue weighted by Gasteiger charge is -2.21. The molecule has 0 saturated heterocycles. The van der Waals surface area contributed by atoms with Crippen LogP contribution in [0.3, 0.4) is 0 Å². The lowest BCUT2D eigenvalue weighted by Crippen LogP contribution is -2.22. The molecule has 6 nitrogen and oxygen atoms in total. The van der Waals surface area contributed by atoms with Crippen molar-refractivity contribution in [3.8, 4) is 17.2 Å². The fraction of sp³-hybridized carbons (Fsp3) is 0.130. The summed E-state index contributed by atoms with van der Waals surface area (Å²) in [5.74, 6) is 0.303. The van der Waals surface area contributed by atoms with E-state index in [1.807, 2.05) is 0 Å². The van der Waals surface area contributed by atoms with Crippen LogP contribution in [0.1, 0.15) is 20.7 Å². The van der Waals surface area contributed by atoms with E-state index >= 15 is 0 Å². The minimum Gasteiger partial charge on any atom is -0.496 e. The third-order valence-electron chi connectivity index (χ3n) is 4.95. The molecule has 0 N–H and O–H groups in total. The second-order valence-electron chi connectivity index (χ2n) is 6.81. The molecule has 0 amide bonds. The smallest absolute Gasteiger partial charge is 0.249 e. The minimum absolute atomic E-state index is 0.00789. The molecule has 3 aromatic rings. The summed E-state index contributed by atoms with van der Waals surface area (Å²) in [4.78, 5) is 27.9. The summed E-state index contributed by atoms with van der Waals surface area (Å²) in [6, 6.07) is 11.6. The SMILES string of the molecule is COc1cc(OC)c(C(=O)P(=O)(C(=O)c2c(Cl)c(Cl)cc(Cl)c2Cl)c2ccccc2)c(OC)c1. The molecule has 1 atom stereocenters. The van der Waals surface area contributed by atoms with Gasteiger partial charge in [0.05, 0.1) is 47.0 Å². The molecule has 0 fully saturated rings. The van der Waals surface area contributed by atoms with Gasteiger partial charge < -0.3 is 18.8 Å². The van der Waals surface area contributed by atoms with E-state index < -0.39 is 23.8 Å². The van der Waals surface area contributed by atoms with Gasteiger partial charge in [0.25, 0.3) is 0 Å². The van der Waals surface area contributed by atoms with Crippen LogP contribution >= 0.6 is 53.5 Å². The zero-order valence-corrected chi connectivity index (χ0v) is 21.9. The van der Waals surface area contributed by atoms with Crippen LogP contribution in [-0.4, -0.2) is 32.4 Å². The van der Waals surface area contributed by atoms with Gasteiger partial charge in [-0.15, -0.1) is 0 Å². The fourth-order valence-corrected chi connectivity index (χ4v) is 6.69. The number of hydrogen-bond donors (Lipinski definition) is 0. The molecule has 3 aromatic carbocycles. The van der Waals surface area contributed by atoms with E-state index in [0.29, 0.717) is 5.75 Å². The quantitative estimate of drug-likeness (QED) is 0.218. The van der Waals surface area contributed by atoms with E-state index in [4.69, 9.17) is 60.6 Å². The number of carbonyl (C=O) groups is 2. The van der Waals surface area contributed by atoms with Gasteiger partial charge in [-0.1, -0.05) is 76.7 Å². The Morgan fingerprint density at radius 3 is 1.62 bits per heavy atom. The van der Waals surface area contributed by atoms with Gasteiger partial charge in [-0.25, -0.2) is 0 Å². The first-order valence-electron chi connectivity index (χ1n) is 9.50. The maximum atomic E-state index is 14.6. The summed E-state index contributed by atoms with van der Waals surface area (Å²) in [7, 11) is -0.622. The van der Waals surface area contributed by atoms with Crippen LogP contribution in [0, 0.1) is 0 Å². The highest BCUT2D eigenvalue weighted by atomic mass is 35.5. The molecule has 0 aliphatic rings. The first kappa shape index (κ1) is 26.4. The lowest BCUT2D eigenvalue weighted by molar-refractivity contribution is 0.103. The van der Waals surface area contributed by atoms with E-state index in [2.05, 4.69) is 0 Å². The molecule has 1 unspecified atom stereocenters. The summed E-state index contributed by atoms with van der Waals surface area (Å²) in [6.07, 6.45) is 0. The number of ether oxygens (including phenoxy) is 3. The Balaban J connectivity index is 2.38. The highest BCUT2D eigenvalue weighted by molar-refractivity contribution is 8.01. The van der Waals surface area contributed by atoms with Gasteiger partial charge in [-0.2, -0.15) is 0 Å². The predicted molar refractivity (Wildman–Crippen MR) is 135 cm³/mol. The van der Waals surface area contributed by atoms with Crippen LogP contribution in [0.5, 0.6) is 17.2 Å². The summed E-state index contributed by atoms with van der Waals surface area (Å²) in [5, 5.41) is -0.789. The molecule has 0 spiro atoms. The normalized spacial score (nSPS) is 12.6. The van der Waals surface area contributed by atoms with Crippen LogP contribution in [0.25, 0.3) is 0 Å². The Morgan fingerprint density at radius 1 is 0.706 bits per heavy atom. The minimum atomic E-state index is -4.66. The van der Waals surface area contributed by atoms with Gasteiger partial charge in [-0.3, -0.25) is 9.59 Å². The van der Waals surface area contributed by atoms with E-state index in [-0.39, 0.29) is 42.5 Å². The summed E-state index contributed by atoms with van der Waals surface area (Å²) in [5.41, 5.74) is -2.83. The molecule has 0 aromatic heterocycles. The summed E-state index contributed by atoms with van der Waals surface area (Å²) in [6.45, 7) is 0. The Hall–Kier alpha value is -2.21. The summed E-state index contributed by atoms with van der Waals surface area (Å²) >= 11 is 24.7. The standard InChI is InChI=1S/C23H17Cl4O6P/c1-31-12-9-16(32-2)18(17(10-12)33-3)22(28)34(30,13-7-5-4-6-8-13)23(29)19-20(26)14(24)11-15(25)21(19)27/h4-11H,1-3H3. The largest absolute Gasteiger partial charge is 0.496 e. The fourth-order valence-electron chi connectivity index (χ4n) is 3.26.